The van der Waals surface area contributed by atoms with E-state index in [4.69, 9.17) is 5.73 Å². The maximum Gasteiger partial charge on any atom is 0.316 e. The molecule has 3 rings (SSSR count). The van der Waals surface area contributed by atoms with E-state index in [1.54, 1.807) is 42.5 Å². The van der Waals surface area contributed by atoms with Crippen LogP contribution >= 0.6 is 0 Å². The van der Waals surface area contributed by atoms with Crippen molar-refractivity contribution >= 4 is 23.3 Å². The van der Waals surface area contributed by atoms with E-state index in [0.29, 0.717) is 11.1 Å². The van der Waals surface area contributed by atoms with Crippen LogP contribution in [0.3, 0.4) is 0 Å². The van der Waals surface area contributed by atoms with E-state index in [1.165, 1.54) is 0 Å². The molecule has 1 aliphatic rings. The van der Waals surface area contributed by atoms with E-state index >= 15 is 0 Å². The van der Waals surface area contributed by atoms with Crippen molar-refractivity contribution in [2.45, 2.75) is 0 Å². The van der Waals surface area contributed by atoms with E-state index in [9.17, 15) is 14.4 Å². The molecule has 3 N–H and O–H groups in total. The monoisotopic (exact) mass is 266 g/mol. The van der Waals surface area contributed by atoms with Crippen LogP contribution in [0.4, 0.5) is 10.5 Å². The predicted molar refractivity (Wildman–Crippen MR) is 73.0 cm³/mol. The number of anilines is 1. The highest BCUT2D eigenvalue weighted by atomic mass is 16.2. The maximum atomic E-state index is 12.5. The average Bonchev–Trinajstić information content (AvgIpc) is 2.44. The van der Waals surface area contributed by atoms with Gasteiger partial charge in [-0.2, -0.15) is 0 Å². The molecule has 1 aliphatic carbocycles. The Morgan fingerprint density at radius 1 is 0.850 bits per heavy atom. The van der Waals surface area contributed by atoms with E-state index in [1.807, 2.05) is 0 Å². The van der Waals surface area contributed by atoms with Crippen LogP contribution in [0.25, 0.3) is 0 Å². The van der Waals surface area contributed by atoms with Gasteiger partial charge in [-0.25, -0.2) is 4.79 Å². The van der Waals surface area contributed by atoms with Crippen molar-refractivity contribution in [3.8, 4) is 0 Å². The smallest absolute Gasteiger partial charge is 0.316 e. The van der Waals surface area contributed by atoms with Crippen LogP contribution in [0.5, 0.6) is 0 Å². The third kappa shape index (κ3) is 1.68. The van der Waals surface area contributed by atoms with Crippen molar-refractivity contribution in [3.63, 3.8) is 0 Å². The van der Waals surface area contributed by atoms with Crippen molar-refractivity contribution in [3.05, 3.63) is 64.7 Å². The van der Waals surface area contributed by atoms with Gasteiger partial charge in [0.25, 0.3) is 0 Å². The Kier molecular flexibility index (Phi) is 2.61. The van der Waals surface area contributed by atoms with Gasteiger partial charge in [0, 0.05) is 16.7 Å². The first kappa shape index (κ1) is 12.1. The number of amides is 2. The van der Waals surface area contributed by atoms with Crippen molar-refractivity contribution in [1.82, 2.24) is 0 Å². The summed E-state index contributed by atoms with van der Waals surface area (Å²) in [6.45, 7) is 0. The number of fused-ring (bicyclic) bond motifs is 2. The summed E-state index contributed by atoms with van der Waals surface area (Å²) in [7, 11) is 0. The SMILES string of the molecule is NC(=O)Nc1cccc2c1C(=O)c1ccccc1C2=O. The van der Waals surface area contributed by atoms with Crippen molar-refractivity contribution in [2.24, 2.45) is 5.73 Å². The number of rotatable bonds is 1. The summed E-state index contributed by atoms with van der Waals surface area (Å²) in [5.41, 5.74) is 6.52. The van der Waals surface area contributed by atoms with Crippen LogP contribution in [0.1, 0.15) is 31.8 Å². The lowest BCUT2D eigenvalue weighted by Gasteiger charge is -2.19. The minimum Gasteiger partial charge on any atom is -0.351 e. The number of nitrogens with two attached hydrogens (primary N) is 1. The van der Waals surface area contributed by atoms with Gasteiger partial charge in [0.1, 0.15) is 0 Å². The summed E-state index contributed by atoms with van der Waals surface area (Å²) < 4.78 is 0. The molecule has 2 aromatic rings. The second-order valence-electron chi connectivity index (χ2n) is 4.42. The van der Waals surface area contributed by atoms with Crippen LogP contribution in [-0.2, 0) is 0 Å². The van der Waals surface area contributed by atoms with Crippen LogP contribution in [0.15, 0.2) is 42.5 Å². The Balaban J connectivity index is 2.25. The molecule has 0 heterocycles. The average molecular weight is 266 g/mol. The molecule has 0 unspecified atom stereocenters. The molecule has 0 aromatic heterocycles. The summed E-state index contributed by atoms with van der Waals surface area (Å²) in [5.74, 6) is -0.525. The second-order valence-corrected chi connectivity index (χ2v) is 4.42. The number of hydrogen-bond acceptors (Lipinski definition) is 3. The first-order valence-corrected chi connectivity index (χ1v) is 5.97. The zero-order valence-corrected chi connectivity index (χ0v) is 10.3. The maximum absolute atomic E-state index is 12.5. The minimum absolute atomic E-state index is 0.190. The summed E-state index contributed by atoms with van der Waals surface area (Å²) in [4.78, 5) is 35.9. The fourth-order valence-electron chi connectivity index (χ4n) is 2.38. The van der Waals surface area contributed by atoms with Crippen LogP contribution < -0.4 is 11.1 Å². The number of carbonyl (C=O) groups excluding carboxylic acids is 3. The molecule has 98 valence electrons. The number of benzene rings is 2. The third-order valence-corrected chi connectivity index (χ3v) is 3.21. The molecule has 2 amide bonds. The fraction of sp³-hybridized carbons (Fsp3) is 0. The second kappa shape index (κ2) is 4.31. The molecule has 0 aliphatic heterocycles. The van der Waals surface area contributed by atoms with E-state index in [-0.39, 0.29) is 28.4 Å². The molecule has 0 saturated carbocycles. The quantitative estimate of drug-likeness (QED) is 0.705. The molecule has 20 heavy (non-hydrogen) atoms. The highest BCUT2D eigenvalue weighted by Gasteiger charge is 2.31. The summed E-state index contributed by atoms with van der Waals surface area (Å²) in [6.07, 6.45) is 0. The number of nitrogens with one attached hydrogen (secondary N) is 1. The molecule has 2 aromatic carbocycles. The zero-order valence-electron chi connectivity index (χ0n) is 10.3. The summed E-state index contributed by atoms with van der Waals surface area (Å²) >= 11 is 0. The molecule has 0 bridgehead atoms. The molecule has 0 radical (unpaired) electrons. The standard InChI is InChI=1S/C15H10N2O3/c16-15(20)17-11-7-3-6-10-12(11)14(19)9-5-2-1-4-8(9)13(10)18/h1-7H,(H3,16,17,20). The number of hydrogen-bond donors (Lipinski definition) is 2. The number of carbonyl (C=O) groups is 3. The van der Waals surface area contributed by atoms with Crippen molar-refractivity contribution in [2.75, 3.05) is 5.32 Å². The van der Waals surface area contributed by atoms with Crippen molar-refractivity contribution in [1.29, 1.82) is 0 Å². The van der Waals surface area contributed by atoms with Gasteiger partial charge in [0.05, 0.1) is 11.3 Å². The number of ketones is 2. The highest BCUT2D eigenvalue weighted by Crippen LogP contribution is 2.31. The normalized spacial score (nSPS) is 12.6. The largest absolute Gasteiger partial charge is 0.351 e. The van der Waals surface area contributed by atoms with Gasteiger partial charge in [-0.15, -0.1) is 0 Å². The van der Waals surface area contributed by atoms with Gasteiger partial charge in [-0.1, -0.05) is 36.4 Å². The molecule has 5 nitrogen and oxygen atoms in total. The van der Waals surface area contributed by atoms with Gasteiger partial charge < -0.3 is 11.1 Å². The van der Waals surface area contributed by atoms with E-state index < -0.39 is 6.03 Å². The van der Waals surface area contributed by atoms with Crippen LogP contribution in [0.2, 0.25) is 0 Å². The molecule has 0 spiro atoms. The van der Waals surface area contributed by atoms with E-state index in [2.05, 4.69) is 5.32 Å². The zero-order chi connectivity index (χ0) is 14.3. The van der Waals surface area contributed by atoms with Crippen LogP contribution in [-0.4, -0.2) is 17.6 Å². The van der Waals surface area contributed by atoms with Crippen LogP contribution in [0, 0.1) is 0 Å². The molecular weight excluding hydrogens is 256 g/mol. The van der Waals surface area contributed by atoms with Gasteiger partial charge in [-0.05, 0) is 6.07 Å². The number of primary amides is 1. The molecular formula is C15H10N2O3. The highest BCUT2D eigenvalue weighted by molar-refractivity contribution is 6.30. The first-order chi connectivity index (χ1) is 9.59. The lowest BCUT2D eigenvalue weighted by Crippen LogP contribution is -2.25. The molecule has 0 saturated heterocycles. The Labute approximate surface area is 114 Å². The molecule has 5 heteroatoms. The van der Waals surface area contributed by atoms with E-state index in [0.717, 1.165) is 0 Å². The Hall–Kier alpha value is -2.95. The molecule has 0 atom stereocenters. The lowest BCUT2D eigenvalue weighted by molar-refractivity contribution is 0.0979. The topological polar surface area (TPSA) is 89.3 Å². The Morgan fingerprint density at radius 2 is 1.45 bits per heavy atom. The van der Waals surface area contributed by atoms with Crippen molar-refractivity contribution < 1.29 is 14.4 Å². The van der Waals surface area contributed by atoms with Gasteiger partial charge in [0.15, 0.2) is 11.6 Å². The lowest BCUT2D eigenvalue weighted by atomic mass is 9.83. The first-order valence-electron chi connectivity index (χ1n) is 5.97. The molecule has 0 fully saturated rings. The number of urea groups is 1. The minimum atomic E-state index is -0.780. The Morgan fingerprint density at radius 3 is 2.10 bits per heavy atom. The van der Waals surface area contributed by atoms with Gasteiger partial charge >= 0.3 is 6.03 Å². The summed E-state index contributed by atoms with van der Waals surface area (Å²) in [6, 6.07) is 10.5. The van der Waals surface area contributed by atoms with Gasteiger partial charge in [0.2, 0.25) is 0 Å². The fourth-order valence-corrected chi connectivity index (χ4v) is 2.38. The Bertz CT molecular complexity index is 765. The summed E-state index contributed by atoms with van der Waals surface area (Å²) in [5, 5.41) is 2.38. The third-order valence-electron chi connectivity index (χ3n) is 3.21. The van der Waals surface area contributed by atoms with Gasteiger partial charge in [-0.3, -0.25) is 9.59 Å². The predicted octanol–water partition coefficient (Wildman–Crippen LogP) is 1.95.